The van der Waals surface area contributed by atoms with Gasteiger partial charge in [0.15, 0.2) is 0 Å². The highest BCUT2D eigenvalue weighted by Gasteiger charge is 2.11. The molecule has 1 heterocycles. The first-order chi connectivity index (χ1) is 6.15. The van der Waals surface area contributed by atoms with Gasteiger partial charge in [-0.15, -0.1) is 0 Å². The lowest BCUT2D eigenvalue weighted by atomic mass is 10.0. The Bertz CT molecular complexity index is 273. The van der Waals surface area contributed by atoms with Gasteiger partial charge in [-0.25, -0.2) is 4.98 Å². The number of nitrogens with zero attached hydrogens (tertiary/aromatic N) is 1. The summed E-state index contributed by atoms with van der Waals surface area (Å²) >= 11 is 0. The Morgan fingerprint density at radius 1 is 1.38 bits per heavy atom. The fourth-order valence-corrected chi connectivity index (χ4v) is 1.07. The number of rotatable bonds is 3. The van der Waals surface area contributed by atoms with Crippen molar-refractivity contribution in [3.05, 3.63) is 23.9 Å². The number of ether oxygens (including phenoxy) is 1. The van der Waals surface area contributed by atoms with E-state index in [1.807, 2.05) is 18.2 Å². The van der Waals surface area contributed by atoms with E-state index in [-0.39, 0.29) is 6.04 Å². The third kappa shape index (κ3) is 2.42. The molecule has 0 aromatic carbocycles. The summed E-state index contributed by atoms with van der Waals surface area (Å²) in [6, 6.07) is 5.63. The fourth-order valence-electron chi connectivity index (χ4n) is 1.07. The molecule has 13 heavy (non-hydrogen) atoms. The van der Waals surface area contributed by atoms with Gasteiger partial charge in [0.1, 0.15) is 0 Å². The van der Waals surface area contributed by atoms with Crippen LogP contribution in [0.2, 0.25) is 0 Å². The molecular weight excluding hydrogens is 164 g/mol. The number of hydrogen-bond donors (Lipinski definition) is 1. The Balaban J connectivity index is 2.88. The highest BCUT2D eigenvalue weighted by Crippen LogP contribution is 2.18. The molecule has 0 radical (unpaired) electrons. The minimum atomic E-state index is -0.0184. The largest absolute Gasteiger partial charge is 0.481 e. The van der Waals surface area contributed by atoms with E-state index < -0.39 is 0 Å². The van der Waals surface area contributed by atoms with Crippen LogP contribution in [-0.2, 0) is 0 Å². The summed E-state index contributed by atoms with van der Waals surface area (Å²) < 4.78 is 5.02. The lowest BCUT2D eigenvalue weighted by molar-refractivity contribution is 0.391. The maximum atomic E-state index is 5.94. The van der Waals surface area contributed by atoms with Gasteiger partial charge in [0.05, 0.1) is 12.8 Å². The van der Waals surface area contributed by atoms with Crippen molar-refractivity contribution in [3.8, 4) is 5.88 Å². The van der Waals surface area contributed by atoms with Gasteiger partial charge in [0.25, 0.3) is 0 Å². The summed E-state index contributed by atoms with van der Waals surface area (Å²) in [6.07, 6.45) is 0. The summed E-state index contributed by atoms with van der Waals surface area (Å²) in [5.41, 5.74) is 6.83. The Morgan fingerprint density at radius 2 is 2.08 bits per heavy atom. The molecule has 0 fully saturated rings. The van der Waals surface area contributed by atoms with E-state index in [2.05, 4.69) is 18.8 Å². The first-order valence-electron chi connectivity index (χ1n) is 4.41. The topological polar surface area (TPSA) is 48.1 Å². The van der Waals surface area contributed by atoms with E-state index in [4.69, 9.17) is 10.5 Å². The molecule has 3 nitrogen and oxygen atoms in total. The van der Waals surface area contributed by atoms with Crippen LogP contribution in [-0.4, -0.2) is 12.1 Å². The van der Waals surface area contributed by atoms with Crippen molar-refractivity contribution >= 4 is 0 Å². The van der Waals surface area contributed by atoms with E-state index >= 15 is 0 Å². The minimum absolute atomic E-state index is 0.0184. The van der Waals surface area contributed by atoms with Crippen LogP contribution in [0.5, 0.6) is 5.88 Å². The Kier molecular flexibility index (Phi) is 3.25. The van der Waals surface area contributed by atoms with Gasteiger partial charge in [0.2, 0.25) is 5.88 Å². The second-order valence-corrected chi connectivity index (χ2v) is 3.37. The molecule has 0 amide bonds. The van der Waals surface area contributed by atoms with Crippen molar-refractivity contribution in [2.45, 2.75) is 19.9 Å². The van der Waals surface area contributed by atoms with Crippen LogP contribution in [0.25, 0.3) is 0 Å². The van der Waals surface area contributed by atoms with E-state index in [9.17, 15) is 0 Å². The maximum absolute atomic E-state index is 5.94. The lowest BCUT2D eigenvalue weighted by Gasteiger charge is -2.15. The molecule has 0 aliphatic carbocycles. The van der Waals surface area contributed by atoms with E-state index in [1.54, 1.807) is 7.11 Å². The zero-order chi connectivity index (χ0) is 9.84. The molecule has 1 unspecified atom stereocenters. The van der Waals surface area contributed by atoms with E-state index in [0.29, 0.717) is 11.8 Å². The summed E-state index contributed by atoms with van der Waals surface area (Å²) in [5, 5.41) is 0. The highest BCUT2D eigenvalue weighted by atomic mass is 16.5. The van der Waals surface area contributed by atoms with Gasteiger partial charge in [-0.05, 0) is 12.0 Å². The van der Waals surface area contributed by atoms with E-state index in [0.717, 1.165) is 5.69 Å². The Labute approximate surface area is 78.9 Å². The average Bonchev–Trinajstić information content (AvgIpc) is 2.16. The second kappa shape index (κ2) is 4.23. The maximum Gasteiger partial charge on any atom is 0.213 e. The molecule has 1 rings (SSSR count). The molecular formula is C10H16N2O. The van der Waals surface area contributed by atoms with Gasteiger partial charge in [-0.3, -0.25) is 0 Å². The highest BCUT2D eigenvalue weighted by molar-refractivity contribution is 5.18. The third-order valence-electron chi connectivity index (χ3n) is 2.01. The number of methoxy groups -OCH3 is 1. The molecule has 1 aromatic heterocycles. The summed E-state index contributed by atoms with van der Waals surface area (Å²) in [7, 11) is 1.60. The molecule has 0 saturated carbocycles. The van der Waals surface area contributed by atoms with Crippen LogP contribution >= 0.6 is 0 Å². The number of nitrogens with two attached hydrogens (primary N) is 1. The molecule has 1 aromatic rings. The second-order valence-electron chi connectivity index (χ2n) is 3.37. The molecule has 0 saturated heterocycles. The Hall–Kier alpha value is -1.09. The Morgan fingerprint density at radius 3 is 2.62 bits per heavy atom. The van der Waals surface area contributed by atoms with Crippen LogP contribution < -0.4 is 10.5 Å². The monoisotopic (exact) mass is 180 g/mol. The van der Waals surface area contributed by atoms with Gasteiger partial charge in [0, 0.05) is 12.1 Å². The first kappa shape index (κ1) is 9.99. The number of aromatic nitrogens is 1. The summed E-state index contributed by atoms with van der Waals surface area (Å²) in [6.45, 7) is 4.15. The first-order valence-corrected chi connectivity index (χ1v) is 4.41. The molecule has 0 bridgehead atoms. The summed E-state index contributed by atoms with van der Waals surface area (Å²) in [5.74, 6) is 1.01. The minimum Gasteiger partial charge on any atom is -0.481 e. The van der Waals surface area contributed by atoms with Crippen LogP contribution in [0.3, 0.4) is 0 Å². The van der Waals surface area contributed by atoms with Crippen molar-refractivity contribution in [3.63, 3.8) is 0 Å². The normalized spacial score (nSPS) is 13.0. The van der Waals surface area contributed by atoms with Gasteiger partial charge >= 0.3 is 0 Å². The van der Waals surface area contributed by atoms with Crippen molar-refractivity contribution < 1.29 is 4.74 Å². The SMILES string of the molecule is COc1cccc(C(N)C(C)C)n1. The van der Waals surface area contributed by atoms with Crippen molar-refractivity contribution in [1.82, 2.24) is 4.98 Å². The zero-order valence-corrected chi connectivity index (χ0v) is 8.32. The molecule has 3 heteroatoms. The fraction of sp³-hybridized carbons (Fsp3) is 0.500. The number of hydrogen-bond acceptors (Lipinski definition) is 3. The predicted octanol–water partition coefficient (Wildman–Crippen LogP) is 1.75. The molecule has 2 N–H and O–H groups in total. The van der Waals surface area contributed by atoms with Gasteiger partial charge in [-0.1, -0.05) is 19.9 Å². The lowest BCUT2D eigenvalue weighted by Crippen LogP contribution is -2.18. The van der Waals surface area contributed by atoms with Crippen molar-refractivity contribution in [1.29, 1.82) is 0 Å². The van der Waals surface area contributed by atoms with E-state index in [1.165, 1.54) is 0 Å². The number of pyridine rings is 1. The molecule has 0 aliphatic rings. The van der Waals surface area contributed by atoms with Gasteiger partial charge in [-0.2, -0.15) is 0 Å². The quantitative estimate of drug-likeness (QED) is 0.770. The smallest absolute Gasteiger partial charge is 0.213 e. The van der Waals surface area contributed by atoms with Crippen LogP contribution in [0.1, 0.15) is 25.6 Å². The molecule has 72 valence electrons. The van der Waals surface area contributed by atoms with Crippen LogP contribution in [0.15, 0.2) is 18.2 Å². The molecule has 0 spiro atoms. The predicted molar refractivity (Wildman–Crippen MR) is 52.6 cm³/mol. The standard InChI is InChI=1S/C10H16N2O/c1-7(2)10(11)8-5-4-6-9(12-8)13-3/h4-7,10H,11H2,1-3H3. The zero-order valence-electron chi connectivity index (χ0n) is 8.32. The van der Waals surface area contributed by atoms with Crippen molar-refractivity contribution in [2.75, 3.05) is 7.11 Å². The molecule has 0 aliphatic heterocycles. The van der Waals surface area contributed by atoms with Crippen LogP contribution in [0, 0.1) is 5.92 Å². The third-order valence-corrected chi connectivity index (χ3v) is 2.01. The van der Waals surface area contributed by atoms with Crippen LogP contribution in [0.4, 0.5) is 0 Å². The molecule has 1 atom stereocenters. The van der Waals surface area contributed by atoms with Gasteiger partial charge < -0.3 is 10.5 Å². The average molecular weight is 180 g/mol. The van der Waals surface area contributed by atoms with Crippen molar-refractivity contribution in [2.24, 2.45) is 11.7 Å². The summed E-state index contributed by atoms with van der Waals surface area (Å²) in [4.78, 5) is 4.27.